The van der Waals surface area contributed by atoms with E-state index in [-0.39, 0.29) is 5.56 Å². The zero-order valence-corrected chi connectivity index (χ0v) is 12.1. The Kier molecular flexibility index (Phi) is 3.24. The summed E-state index contributed by atoms with van der Waals surface area (Å²) in [6, 6.07) is 9.94. The highest BCUT2D eigenvalue weighted by Crippen LogP contribution is 2.25. The fourth-order valence-electron chi connectivity index (χ4n) is 2.09. The average Bonchev–Trinajstić information content (AvgIpc) is 2.73. The van der Waals surface area contributed by atoms with Crippen LogP contribution < -0.4 is 5.56 Å². The average molecular weight is 282 g/mol. The zero-order valence-electron chi connectivity index (χ0n) is 11.3. The van der Waals surface area contributed by atoms with Crippen molar-refractivity contribution >= 4 is 33.7 Å². The van der Waals surface area contributed by atoms with Crippen molar-refractivity contribution in [2.24, 2.45) is 0 Å². The van der Waals surface area contributed by atoms with Crippen LogP contribution in [0, 0.1) is 13.8 Å². The van der Waals surface area contributed by atoms with E-state index < -0.39 is 0 Å². The lowest BCUT2D eigenvalue weighted by Crippen LogP contribution is -2.09. The van der Waals surface area contributed by atoms with Crippen molar-refractivity contribution in [2.45, 2.75) is 13.8 Å². The van der Waals surface area contributed by atoms with Gasteiger partial charge < -0.3 is 4.98 Å². The highest BCUT2D eigenvalue weighted by molar-refractivity contribution is 7.18. The van der Waals surface area contributed by atoms with Crippen LogP contribution >= 0.6 is 11.3 Å². The molecule has 0 aliphatic carbocycles. The second-order valence-electron chi connectivity index (χ2n) is 4.66. The number of rotatable bonds is 2. The standard InChI is InChI=1S/C16H14N2OS/c1-10-11(2)20-16-14(10)15(19)17-13(18-16)9-8-12-6-4-3-5-7-12/h3-9H,1-2H3,(H,17,18,19)/b9-8+. The summed E-state index contributed by atoms with van der Waals surface area (Å²) in [6.07, 6.45) is 3.78. The SMILES string of the molecule is Cc1sc2nc(/C=C/c3ccccc3)[nH]c(=O)c2c1C. The quantitative estimate of drug-likeness (QED) is 0.777. The molecule has 1 N–H and O–H groups in total. The van der Waals surface area contributed by atoms with Gasteiger partial charge in [-0.1, -0.05) is 36.4 Å². The van der Waals surface area contributed by atoms with Gasteiger partial charge in [0.2, 0.25) is 0 Å². The van der Waals surface area contributed by atoms with Gasteiger partial charge in [0.1, 0.15) is 10.7 Å². The van der Waals surface area contributed by atoms with Crippen molar-refractivity contribution in [3.8, 4) is 0 Å². The molecule has 2 heterocycles. The molecule has 0 saturated heterocycles. The number of hydrogen-bond donors (Lipinski definition) is 1. The predicted octanol–water partition coefficient (Wildman–Crippen LogP) is 3.77. The van der Waals surface area contributed by atoms with Crippen molar-refractivity contribution in [1.29, 1.82) is 0 Å². The van der Waals surface area contributed by atoms with Crippen LogP contribution in [0.15, 0.2) is 35.1 Å². The van der Waals surface area contributed by atoms with E-state index in [0.717, 1.165) is 20.8 Å². The second kappa shape index (κ2) is 5.06. The molecule has 0 unspecified atom stereocenters. The third-order valence-corrected chi connectivity index (χ3v) is 4.39. The van der Waals surface area contributed by atoms with E-state index >= 15 is 0 Å². The molecule has 0 bridgehead atoms. The number of aromatic amines is 1. The number of aromatic nitrogens is 2. The van der Waals surface area contributed by atoms with Crippen LogP contribution in [-0.2, 0) is 0 Å². The Morgan fingerprint density at radius 1 is 1.15 bits per heavy atom. The van der Waals surface area contributed by atoms with Gasteiger partial charge in [-0.25, -0.2) is 4.98 Å². The molecule has 3 nitrogen and oxygen atoms in total. The van der Waals surface area contributed by atoms with Crippen molar-refractivity contribution in [2.75, 3.05) is 0 Å². The minimum absolute atomic E-state index is 0.0652. The minimum Gasteiger partial charge on any atom is -0.306 e. The molecule has 0 aliphatic rings. The number of nitrogens with one attached hydrogen (secondary N) is 1. The van der Waals surface area contributed by atoms with Crippen LogP contribution in [-0.4, -0.2) is 9.97 Å². The van der Waals surface area contributed by atoms with E-state index in [4.69, 9.17) is 0 Å². The van der Waals surface area contributed by atoms with Crippen LogP contribution in [0.5, 0.6) is 0 Å². The summed E-state index contributed by atoms with van der Waals surface area (Å²) in [5.74, 6) is 0.590. The lowest BCUT2D eigenvalue weighted by molar-refractivity contribution is 1.15. The van der Waals surface area contributed by atoms with Crippen LogP contribution in [0.2, 0.25) is 0 Å². The van der Waals surface area contributed by atoms with Gasteiger partial charge in [0.15, 0.2) is 0 Å². The molecule has 3 rings (SSSR count). The molecular formula is C16H14N2OS. The fraction of sp³-hybridized carbons (Fsp3) is 0.125. The van der Waals surface area contributed by atoms with Crippen molar-refractivity contribution in [1.82, 2.24) is 9.97 Å². The van der Waals surface area contributed by atoms with Gasteiger partial charge in [-0.3, -0.25) is 4.79 Å². The topological polar surface area (TPSA) is 45.8 Å². The molecule has 1 aromatic carbocycles. The molecule has 0 aliphatic heterocycles. The normalized spacial score (nSPS) is 11.5. The lowest BCUT2D eigenvalue weighted by atomic mass is 10.2. The van der Waals surface area contributed by atoms with E-state index in [9.17, 15) is 4.79 Å². The lowest BCUT2D eigenvalue weighted by Gasteiger charge is -1.95. The van der Waals surface area contributed by atoms with Gasteiger partial charge >= 0.3 is 0 Å². The van der Waals surface area contributed by atoms with E-state index in [1.54, 1.807) is 11.3 Å². The van der Waals surface area contributed by atoms with Gasteiger partial charge in [-0.15, -0.1) is 11.3 Å². The Balaban J connectivity index is 2.06. The number of nitrogens with zero attached hydrogens (tertiary/aromatic N) is 1. The molecule has 0 fully saturated rings. The maximum Gasteiger partial charge on any atom is 0.260 e. The van der Waals surface area contributed by atoms with Gasteiger partial charge in [-0.05, 0) is 31.1 Å². The first-order valence-corrected chi connectivity index (χ1v) is 7.20. The largest absolute Gasteiger partial charge is 0.306 e. The Morgan fingerprint density at radius 2 is 1.90 bits per heavy atom. The molecule has 0 atom stereocenters. The summed E-state index contributed by atoms with van der Waals surface area (Å²) in [6.45, 7) is 3.98. The molecule has 3 aromatic rings. The van der Waals surface area contributed by atoms with Crippen molar-refractivity contribution in [3.63, 3.8) is 0 Å². The number of H-pyrrole nitrogens is 1. The highest BCUT2D eigenvalue weighted by Gasteiger charge is 2.10. The first-order valence-electron chi connectivity index (χ1n) is 6.38. The van der Waals surface area contributed by atoms with E-state index in [1.807, 2.05) is 56.3 Å². The van der Waals surface area contributed by atoms with Gasteiger partial charge in [0.05, 0.1) is 5.39 Å². The summed E-state index contributed by atoms with van der Waals surface area (Å²) in [5.41, 5.74) is 2.04. The summed E-state index contributed by atoms with van der Waals surface area (Å²) in [4.78, 5) is 21.4. The molecule has 0 amide bonds. The van der Waals surface area contributed by atoms with Gasteiger partial charge in [-0.2, -0.15) is 0 Å². The Bertz CT molecular complexity index is 844. The number of hydrogen-bond acceptors (Lipinski definition) is 3. The predicted molar refractivity (Wildman–Crippen MR) is 85.1 cm³/mol. The summed E-state index contributed by atoms with van der Waals surface area (Å²) in [5, 5.41) is 0.712. The maximum atomic E-state index is 12.1. The molecule has 20 heavy (non-hydrogen) atoms. The monoisotopic (exact) mass is 282 g/mol. The summed E-state index contributed by atoms with van der Waals surface area (Å²) >= 11 is 1.56. The molecule has 0 saturated carbocycles. The molecule has 2 aromatic heterocycles. The molecule has 4 heteroatoms. The van der Waals surface area contributed by atoms with Crippen LogP contribution in [0.3, 0.4) is 0 Å². The third-order valence-electron chi connectivity index (χ3n) is 3.29. The first kappa shape index (κ1) is 12.8. The molecular weight excluding hydrogens is 268 g/mol. The van der Waals surface area contributed by atoms with E-state index in [2.05, 4.69) is 9.97 Å². The Hall–Kier alpha value is -2.20. The van der Waals surface area contributed by atoms with Crippen LogP contribution in [0.4, 0.5) is 0 Å². The first-order chi connectivity index (χ1) is 9.65. The summed E-state index contributed by atoms with van der Waals surface area (Å²) in [7, 11) is 0. The Morgan fingerprint density at radius 3 is 2.65 bits per heavy atom. The fourth-order valence-corrected chi connectivity index (χ4v) is 3.13. The molecule has 0 spiro atoms. The zero-order chi connectivity index (χ0) is 14.1. The van der Waals surface area contributed by atoms with E-state index in [0.29, 0.717) is 11.2 Å². The van der Waals surface area contributed by atoms with Crippen molar-refractivity contribution < 1.29 is 0 Å². The van der Waals surface area contributed by atoms with Gasteiger partial charge in [0, 0.05) is 4.88 Å². The number of thiophene rings is 1. The Labute approximate surface area is 120 Å². The highest BCUT2D eigenvalue weighted by atomic mass is 32.1. The van der Waals surface area contributed by atoms with Crippen molar-refractivity contribution in [3.05, 3.63) is 62.5 Å². The number of benzene rings is 1. The molecule has 100 valence electrons. The minimum atomic E-state index is -0.0652. The smallest absolute Gasteiger partial charge is 0.260 e. The number of aryl methyl sites for hydroxylation is 2. The van der Waals surface area contributed by atoms with Crippen LogP contribution in [0.25, 0.3) is 22.4 Å². The maximum absolute atomic E-state index is 12.1. The second-order valence-corrected chi connectivity index (χ2v) is 5.86. The van der Waals surface area contributed by atoms with Crippen LogP contribution in [0.1, 0.15) is 21.8 Å². The van der Waals surface area contributed by atoms with Gasteiger partial charge in [0.25, 0.3) is 5.56 Å². The molecule has 0 radical (unpaired) electrons. The summed E-state index contributed by atoms with van der Waals surface area (Å²) < 4.78 is 0. The number of fused-ring (bicyclic) bond motifs is 1. The van der Waals surface area contributed by atoms with E-state index in [1.165, 1.54) is 0 Å². The third kappa shape index (κ3) is 2.30.